The average Bonchev–Trinajstić information content (AvgIpc) is 2.62. The Labute approximate surface area is 151 Å². The zero-order chi connectivity index (χ0) is 17.3. The summed E-state index contributed by atoms with van der Waals surface area (Å²) in [4.78, 5) is 21.5. The molecule has 1 aromatic rings. The molecule has 2 saturated heterocycles. The summed E-state index contributed by atoms with van der Waals surface area (Å²) in [6.07, 6.45) is 11.0. The van der Waals surface area contributed by atoms with Crippen molar-refractivity contribution in [2.45, 2.75) is 52.0 Å². The minimum absolute atomic E-state index is 0.338. The van der Waals surface area contributed by atoms with Crippen LogP contribution in [0.25, 0.3) is 0 Å². The van der Waals surface area contributed by atoms with Crippen molar-refractivity contribution < 1.29 is 4.79 Å². The number of carbonyl (C=O) groups excluding carboxylic acids is 1. The van der Waals surface area contributed by atoms with Crippen molar-refractivity contribution in [3.05, 3.63) is 30.1 Å². The van der Waals surface area contributed by atoms with Gasteiger partial charge in [-0.05, 0) is 74.6 Å². The highest BCUT2D eigenvalue weighted by Crippen LogP contribution is 2.43. The van der Waals surface area contributed by atoms with Crippen LogP contribution in [0.5, 0.6) is 0 Å². The van der Waals surface area contributed by atoms with Crippen LogP contribution in [0.1, 0.15) is 51.0 Å². The number of likely N-dealkylation sites (tertiary alicyclic amines) is 2. The molecule has 3 fully saturated rings. The Balaban J connectivity index is 1.25. The standard InChI is InChI=1S/C21H31N3O/c1-17-13-19(14-17)20(25)24-11-6-21(7-12-24)4-9-23(10-5-21)16-18-3-2-8-22-15-18/h2-3,8,15,17,19H,4-7,9-14,16H2,1H3. The maximum absolute atomic E-state index is 12.6. The van der Waals surface area contributed by atoms with Gasteiger partial charge in [0.1, 0.15) is 0 Å². The lowest BCUT2D eigenvalue weighted by atomic mass is 9.70. The molecule has 4 rings (SSSR count). The lowest BCUT2D eigenvalue weighted by Crippen LogP contribution is -2.50. The highest BCUT2D eigenvalue weighted by Gasteiger charge is 2.41. The fraction of sp³-hybridized carbons (Fsp3) is 0.714. The van der Waals surface area contributed by atoms with E-state index >= 15 is 0 Å². The normalized spacial score (nSPS) is 29.4. The SMILES string of the molecule is CC1CC(C(=O)N2CCC3(CCN(Cc4cccnc4)CC3)CC2)C1. The van der Waals surface area contributed by atoms with Crippen LogP contribution in [0.15, 0.2) is 24.5 Å². The van der Waals surface area contributed by atoms with Crippen molar-refractivity contribution in [2.75, 3.05) is 26.2 Å². The van der Waals surface area contributed by atoms with E-state index in [2.05, 4.69) is 27.8 Å². The van der Waals surface area contributed by atoms with Crippen LogP contribution >= 0.6 is 0 Å². The first kappa shape index (κ1) is 17.0. The topological polar surface area (TPSA) is 36.4 Å². The second kappa shape index (κ2) is 7.06. The summed E-state index contributed by atoms with van der Waals surface area (Å²) < 4.78 is 0. The molecular formula is C21H31N3O. The number of nitrogens with zero attached hydrogens (tertiary/aromatic N) is 3. The molecule has 0 radical (unpaired) electrons. The van der Waals surface area contributed by atoms with Crippen molar-refractivity contribution >= 4 is 5.91 Å². The Kier molecular flexibility index (Phi) is 4.81. The fourth-order valence-corrected chi connectivity index (χ4v) is 5.00. The summed E-state index contributed by atoms with van der Waals surface area (Å²) in [5.74, 6) is 1.54. The van der Waals surface area contributed by atoms with Gasteiger partial charge in [0.25, 0.3) is 0 Å². The molecular weight excluding hydrogens is 310 g/mol. The van der Waals surface area contributed by atoms with E-state index in [1.165, 1.54) is 44.3 Å². The fourth-order valence-electron chi connectivity index (χ4n) is 5.00. The molecule has 2 aliphatic heterocycles. The predicted molar refractivity (Wildman–Crippen MR) is 98.9 cm³/mol. The number of pyridine rings is 1. The van der Waals surface area contributed by atoms with E-state index in [-0.39, 0.29) is 0 Å². The second-order valence-corrected chi connectivity index (χ2v) is 8.74. The van der Waals surface area contributed by atoms with Gasteiger partial charge >= 0.3 is 0 Å². The third-order valence-corrected chi connectivity index (χ3v) is 6.90. The molecule has 3 heterocycles. The Bertz CT molecular complexity index is 578. The number of hydrogen-bond donors (Lipinski definition) is 0. The number of rotatable bonds is 3. The molecule has 1 saturated carbocycles. The first-order valence-electron chi connectivity index (χ1n) is 10.0. The van der Waals surface area contributed by atoms with E-state index < -0.39 is 0 Å². The molecule has 3 aliphatic rings. The number of hydrogen-bond acceptors (Lipinski definition) is 3. The molecule has 1 spiro atoms. The van der Waals surface area contributed by atoms with Crippen molar-refractivity contribution in [1.29, 1.82) is 0 Å². The highest BCUT2D eigenvalue weighted by molar-refractivity contribution is 5.79. The molecule has 136 valence electrons. The van der Waals surface area contributed by atoms with Gasteiger partial charge in [0.2, 0.25) is 5.91 Å². The van der Waals surface area contributed by atoms with Crippen molar-refractivity contribution in [1.82, 2.24) is 14.8 Å². The van der Waals surface area contributed by atoms with Gasteiger partial charge in [0.05, 0.1) is 0 Å². The molecule has 1 amide bonds. The third kappa shape index (κ3) is 3.74. The van der Waals surface area contributed by atoms with Crippen molar-refractivity contribution in [3.63, 3.8) is 0 Å². The van der Waals surface area contributed by atoms with Crippen LogP contribution in [0, 0.1) is 17.3 Å². The number of aromatic nitrogens is 1. The van der Waals surface area contributed by atoms with Crippen LogP contribution in [0.3, 0.4) is 0 Å². The number of carbonyl (C=O) groups is 1. The molecule has 0 aromatic carbocycles. The molecule has 0 atom stereocenters. The largest absolute Gasteiger partial charge is 0.342 e. The number of amides is 1. The molecule has 0 bridgehead atoms. The molecule has 0 unspecified atom stereocenters. The van der Waals surface area contributed by atoms with Crippen molar-refractivity contribution in [2.24, 2.45) is 17.3 Å². The summed E-state index contributed by atoms with van der Waals surface area (Å²) in [7, 11) is 0. The summed E-state index contributed by atoms with van der Waals surface area (Å²) in [6.45, 7) is 7.63. The summed E-state index contributed by atoms with van der Waals surface area (Å²) >= 11 is 0. The Morgan fingerprint density at radius 2 is 1.84 bits per heavy atom. The molecule has 4 nitrogen and oxygen atoms in total. The van der Waals surface area contributed by atoms with Gasteiger partial charge in [-0.1, -0.05) is 13.0 Å². The molecule has 1 aromatic heterocycles. The minimum atomic E-state index is 0.338. The summed E-state index contributed by atoms with van der Waals surface area (Å²) in [5, 5.41) is 0. The molecule has 25 heavy (non-hydrogen) atoms. The summed E-state index contributed by atoms with van der Waals surface area (Å²) in [6, 6.07) is 4.19. The van der Waals surface area contributed by atoms with E-state index in [0.717, 1.165) is 38.4 Å². The smallest absolute Gasteiger partial charge is 0.225 e. The predicted octanol–water partition coefficient (Wildman–Crippen LogP) is 3.33. The summed E-state index contributed by atoms with van der Waals surface area (Å²) in [5.41, 5.74) is 1.81. The minimum Gasteiger partial charge on any atom is -0.342 e. The number of piperidine rings is 2. The second-order valence-electron chi connectivity index (χ2n) is 8.74. The first-order chi connectivity index (χ1) is 12.1. The van der Waals surface area contributed by atoms with Gasteiger partial charge in [0, 0.05) is 37.9 Å². The lowest BCUT2D eigenvalue weighted by molar-refractivity contribution is -0.142. The van der Waals surface area contributed by atoms with E-state index in [1.807, 2.05) is 18.5 Å². The van der Waals surface area contributed by atoms with Crippen LogP contribution in [0.2, 0.25) is 0 Å². The van der Waals surface area contributed by atoms with E-state index in [1.54, 1.807) is 0 Å². The molecule has 1 aliphatic carbocycles. The van der Waals surface area contributed by atoms with Crippen molar-refractivity contribution in [3.8, 4) is 0 Å². The van der Waals surface area contributed by atoms with Crippen LogP contribution in [-0.4, -0.2) is 46.9 Å². The Morgan fingerprint density at radius 3 is 2.44 bits per heavy atom. The van der Waals surface area contributed by atoms with Gasteiger partial charge in [-0.25, -0.2) is 0 Å². The maximum Gasteiger partial charge on any atom is 0.225 e. The van der Waals surface area contributed by atoms with Crippen LogP contribution in [-0.2, 0) is 11.3 Å². The first-order valence-corrected chi connectivity index (χ1v) is 10.0. The van der Waals surface area contributed by atoms with Gasteiger partial charge in [-0.3, -0.25) is 14.7 Å². The Hall–Kier alpha value is -1.42. The van der Waals surface area contributed by atoms with E-state index in [9.17, 15) is 4.79 Å². The van der Waals surface area contributed by atoms with Gasteiger partial charge in [-0.15, -0.1) is 0 Å². The van der Waals surface area contributed by atoms with Gasteiger partial charge < -0.3 is 4.90 Å². The van der Waals surface area contributed by atoms with E-state index in [0.29, 0.717) is 17.2 Å². The zero-order valence-electron chi connectivity index (χ0n) is 15.5. The third-order valence-electron chi connectivity index (χ3n) is 6.90. The van der Waals surface area contributed by atoms with E-state index in [4.69, 9.17) is 0 Å². The molecule has 4 heteroatoms. The van der Waals surface area contributed by atoms with Crippen LogP contribution < -0.4 is 0 Å². The van der Waals surface area contributed by atoms with Gasteiger partial charge in [0.15, 0.2) is 0 Å². The molecule has 0 N–H and O–H groups in total. The maximum atomic E-state index is 12.6. The average molecular weight is 341 g/mol. The lowest BCUT2D eigenvalue weighted by Gasteiger charge is -2.48. The highest BCUT2D eigenvalue weighted by atomic mass is 16.2. The zero-order valence-corrected chi connectivity index (χ0v) is 15.5. The van der Waals surface area contributed by atoms with Crippen LogP contribution in [0.4, 0.5) is 0 Å². The monoisotopic (exact) mass is 341 g/mol. The Morgan fingerprint density at radius 1 is 1.16 bits per heavy atom. The van der Waals surface area contributed by atoms with Gasteiger partial charge in [-0.2, -0.15) is 0 Å². The quantitative estimate of drug-likeness (QED) is 0.846.